The van der Waals surface area contributed by atoms with Crippen molar-refractivity contribution < 1.29 is 9.59 Å². The molecule has 5 heteroatoms. The maximum Gasteiger partial charge on any atom is 0.223 e. The van der Waals surface area contributed by atoms with Crippen molar-refractivity contribution in [3.8, 4) is 0 Å². The lowest BCUT2D eigenvalue weighted by atomic mass is 10.0. The summed E-state index contributed by atoms with van der Waals surface area (Å²) in [6.07, 6.45) is 0.566. The van der Waals surface area contributed by atoms with Crippen molar-refractivity contribution in [2.45, 2.75) is 18.9 Å². The van der Waals surface area contributed by atoms with Gasteiger partial charge >= 0.3 is 0 Å². The summed E-state index contributed by atoms with van der Waals surface area (Å²) in [6, 6.07) is 13.9. The van der Waals surface area contributed by atoms with Gasteiger partial charge in [-0.25, -0.2) is 0 Å². The number of thiophene rings is 1. The van der Waals surface area contributed by atoms with E-state index in [1.54, 1.807) is 0 Å². The highest BCUT2D eigenvalue weighted by Gasteiger charge is 2.30. The Hall–Kier alpha value is -1.98. The third kappa shape index (κ3) is 3.91. The number of carbonyl (C=O) groups is 2. The fourth-order valence-electron chi connectivity index (χ4n) is 3.10. The average molecular weight is 342 g/mol. The van der Waals surface area contributed by atoms with Gasteiger partial charge in [0.1, 0.15) is 0 Å². The first-order valence-electron chi connectivity index (χ1n) is 8.25. The van der Waals surface area contributed by atoms with Crippen LogP contribution in [0.3, 0.4) is 0 Å². The van der Waals surface area contributed by atoms with Crippen LogP contribution in [-0.2, 0) is 4.79 Å². The third-order valence-electron chi connectivity index (χ3n) is 4.45. The second kappa shape index (κ2) is 7.73. The summed E-state index contributed by atoms with van der Waals surface area (Å²) >= 11 is 1.43. The molecule has 1 amide bonds. The van der Waals surface area contributed by atoms with Crippen LogP contribution in [0.25, 0.3) is 0 Å². The molecule has 1 fully saturated rings. The minimum atomic E-state index is 0.0590. The summed E-state index contributed by atoms with van der Waals surface area (Å²) in [5.74, 6) is 0.130. The Labute approximate surface area is 146 Å². The number of nitrogens with zero attached hydrogens (tertiary/aromatic N) is 2. The van der Waals surface area contributed by atoms with E-state index >= 15 is 0 Å². The molecule has 0 aliphatic carbocycles. The molecule has 4 nitrogen and oxygen atoms in total. The quantitative estimate of drug-likeness (QED) is 0.783. The number of carbonyl (C=O) groups excluding carboxylic acids is 2. The first kappa shape index (κ1) is 16.9. The Morgan fingerprint density at radius 3 is 2.58 bits per heavy atom. The van der Waals surface area contributed by atoms with E-state index in [9.17, 15) is 9.59 Å². The van der Waals surface area contributed by atoms with Crippen LogP contribution in [0.4, 0.5) is 0 Å². The molecular weight excluding hydrogens is 320 g/mol. The van der Waals surface area contributed by atoms with E-state index in [-0.39, 0.29) is 30.6 Å². The standard InChI is InChI=1S/C19H22N2O2S/c1-20-11-12-21(16(14-20)15-6-3-2-4-7-15)19(23)10-9-17(22)18-8-5-13-24-18/h2-8,13,16H,9-12,14H2,1H3. The highest BCUT2D eigenvalue weighted by Crippen LogP contribution is 2.26. The van der Waals surface area contributed by atoms with E-state index in [0.717, 1.165) is 23.5 Å². The number of likely N-dealkylation sites (N-methyl/N-ethyl adjacent to an activating group) is 1. The predicted octanol–water partition coefficient (Wildman–Crippen LogP) is 3.23. The molecule has 1 aliphatic rings. The first-order chi connectivity index (χ1) is 11.6. The van der Waals surface area contributed by atoms with Crippen LogP contribution in [0.2, 0.25) is 0 Å². The van der Waals surface area contributed by atoms with Gasteiger partial charge in [-0.2, -0.15) is 0 Å². The molecule has 2 heterocycles. The molecule has 1 aromatic heterocycles. The number of piperazine rings is 1. The molecule has 0 spiro atoms. The van der Waals surface area contributed by atoms with Crippen molar-refractivity contribution in [2.75, 3.05) is 26.7 Å². The van der Waals surface area contributed by atoms with Crippen LogP contribution in [0.15, 0.2) is 47.8 Å². The fraction of sp³-hybridized carbons (Fsp3) is 0.368. The Morgan fingerprint density at radius 1 is 1.08 bits per heavy atom. The van der Waals surface area contributed by atoms with Gasteiger partial charge in [-0.05, 0) is 24.1 Å². The van der Waals surface area contributed by atoms with E-state index in [1.807, 2.05) is 40.6 Å². The Balaban J connectivity index is 1.66. The molecule has 1 unspecified atom stereocenters. The summed E-state index contributed by atoms with van der Waals surface area (Å²) in [4.78, 5) is 29.8. The maximum atomic E-state index is 12.7. The van der Waals surface area contributed by atoms with Crippen LogP contribution in [0.5, 0.6) is 0 Å². The largest absolute Gasteiger partial charge is 0.333 e. The minimum absolute atomic E-state index is 0.0590. The van der Waals surface area contributed by atoms with Crippen LogP contribution in [0.1, 0.15) is 34.1 Å². The zero-order valence-electron chi connectivity index (χ0n) is 13.9. The summed E-state index contributed by atoms with van der Waals surface area (Å²) in [6.45, 7) is 2.41. The predicted molar refractivity (Wildman–Crippen MR) is 96.3 cm³/mol. The van der Waals surface area contributed by atoms with Crippen molar-refractivity contribution in [2.24, 2.45) is 0 Å². The van der Waals surface area contributed by atoms with Gasteiger partial charge in [0.25, 0.3) is 0 Å². The molecule has 0 radical (unpaired) electrons. The van der Waals surface area contributed by atoms with E-state index in [1.165, 1.54) is 11.3 Å². The number of Topliss-reactive ketones (excluding diaryl/α,β-unsaturated/α-hetero) is 1. The van der Waals surface area contributed by atoms with Crippen molar-refractivity contribution >= 4 is 23.0 Å². The molecule has 0 N–H and O–H groups in total. The van der Waals surface area contributed by atoms with Crippen LogP contribution < -0.4 is 0 Å². The molecule has 1 atom stereocenters. The number of hydrogen-bond acceptors (Lipinski definition) is 4. The smallest absolute Gasteiger partial charge is 0.223 e. The van der Waals surface area contributed by atoms with E-state index in [0.29, 0.717) is 6.54 Å². The minimum Gasteiger partial charge on any atom is -0.333 e. The summed E-state index contributed by atoms with van der Waals surface area (Å²) in [5, 5.41) is 1.89. The van der Waals surface area contributed by atoms with Gasteiger partial charge in [0.15, 0.2) is 5.78 Å². The van der Waals surface area contributed by atoms with Crippen molar-refractivity contribution in [1.82, 2.24) is 9.80 Å². The van der Waals surface area contributed by atoms with Crippen LogP contribution in [-0.4, -0.2) is 48.2 Å². The van der Waals surface area contributed by atoms with Gasteiger partial charge < -0.3 is 9.80 Å². The molecule has 0 saturated carbocycles. The number of ketones is 1. The molecule has 1 aliphatic heterocycles. The molecule has 126 valence electrons. The lowest BCUT2D eigenvalue weighted by Gasteiger charge is -2.40. The monoisotopic (exact) mass is 342 g/mol. The van der Waals surface area contributed by atoms with Gasteiger partial charge in [-0.15, -0.1) is 11.3 Å². The van der Waals surface area contributed by atoms with Crippen LogP contribution in [0, 0.1) is 0 Å². The maximum absolute atomic E-state index is 12.7. The van der Waals surface area contributed by atoms with Gasteiger partial charge in [0, 0.05) is 32.5 Å². The average Bonchev–Trinajstić information content (AvgIpc) is 3.15. The Morgan fingerprint density at radius 2 is 1.88 bits per heavy atom. The molecule has 0 bridgehead atoms. The molecule has 1 aromatic carbocycles. The lowest BCUT2D eigenvalue weighted by molar-refractivity contribution is -0.136. The van der Waals surface area contributed by atoms with E-state index in [2.05, 4.69) is 24.1 Å². The van der Waals surface area contributed by atoms with E-state index < -0.39 is 0 Å². The number of hydrogen-bond donors (Lipinski definition) is 0. The zero-order chi connectivity index (χ0) is 16.9. The SMILES string of the molecule is CN1CCN(C(=O)CCC(=O)c2cccs2)C(c2ccccc2)C1. The van der Waals surface area contributed by atoms with Crippen molar-refractivity contribution in [3.05, 3.63) is 58.3 Å². The molecular formula is C19H22N2O2S. The number of amides is 1. The van der Waals surface area contributed by atoms with Gasteiger partial charge in [0.05, 0.1) is 10.9 Å². The summed E-state index contributed by atoms with van der Waals surface area (Å²) in [5.41, 5.74) is 1.15. The molecule has 3 rings (SSSR count). The highest BCUT2D eigenvalue weighted by molar-refractivity contribution is 7.12. The lowest BCUT2D eigenvalue weighted by Crippen LogP contribution is -2.49. The Bertz CT molecular complexity index is 685. The summed E-state index contributed by atoms with van der Waals surface area (Å²) in [7, 11) is 2.08. The topological polar surface area (TPSA) is 40.6 Å². The summed E-state index contributed by atoms with van der Waals surface area (Å²) < 4.78 is 0. The normalized spacial score (nSPS) is 18.5. The molecule has 2 aromatic rings. The first-order valence-corrected chi connectivity index (χ1v) is 9.13. The van der Waals surface area contributed by atoms with Gasteiger partial charge in [-0.1, -0.05) is 36.4 Å². The highest BCUT2D eigenvalue weighted by atomic mass is 32.1. The van der Waals surface area contributed by atoms with Crippen molar-refractivity contribution in [1.29, 1.82) is 0 Å². The van der Waals surface area contributed by atoms with Gasteiger partial charge in [-0.3, -0.25) is 9.59 Å². The second-order valence-electron chi connectivity index (χ2n) is 6.18. The number of benzene rings is 1. The molecule has 1 saturated heterocycles. The zero-order valence-corrected chi connectivity index (χ0v) is 14.7. The second-order valence-corrected chi connectivity index (χ2v) is 7.12. The third-order valence-corrected chi connectivity index (χ3v) is 5.36. The molecule has 24 heavy (non-hydrogen) atoms. The fourth-order valence-corrected chi connectivity index (χ4v) is 3.80. The van der Waals surface area contributed by atoms with Gasteiger partial charge in [0.2, 0.25) is 5.91 Å². The Kier molecular flexibility index (Phi) is 5.43. The van der Waals surface area contributed by atoms with Crippen molar-refractivity contribution in [3.63, 3.8) is 0 Å². The van der Waals surface area contributed by atoms with E-state index in [4.69, 9.17) is 0 Å². The number of rotatable bonds is 5. The van der Waals surface area contributed by atoms with Crippen LogP contribution >= 0.6 is 11.3 Å².